The normalized spacial score (nSPS) is 12.2. The molecule has 0 amide bonds. The van der Waals surface area contributed by atoms with Crippen molar-refractivity contribution in [3.63, 3.8) is 0 Å². The molecule has 2 aromatic carbocycles. The number of nitrogens with zero attached hydrogens (tertiary/aromatic N) is 2. The Balaban J connectivity index is 2.04. The fourth-order valence-electron chi connectivity index (χ4n) is 5.24. The third-order valence-electron chi connectivity index (χ3n) is 7.58. The maximum Gasteiger partial charge on any atom is 0.265 e. The Morgan fingerprint density at radius 3 is 2.27 bits per heavy atom. The summed E-state index contributed by atoms with van der Waals surface area (Å²) >= 11 is 7.49. The number of aryl methyl sites for hydroxylation is 2. The topological polar surface area (TPSA) is 72.2 Å². The molecule has 0 radical (unpaired) electrons. The van der Waals surface area contributed by atoms with Crippen LogP contribution >= 0.6 is 22.9 Å². The van der Waals surface area contributed by atoms with E-state index in [0.29, 0.717) is 34.0 Å². The number of carbonyl (C=O) groups excluding carboxylic acids is 1. The average Bonchev–Trinajstić information content (AvgIpc) is 3.46. The molecule has 216 valence electrons. The molecule has 1 N–H and O–H groups in total. The van der Waals surface area contributed by atoms with Gasteiger partial charge < -0.3 is 5.11 Å². The molecule has 7 heteroatoms. The maximum absolute atomic E-state index is 14.6. The lowest BCUT2D eigenvalue weighted by Crippen LogP contribution is -2.29. The molecule has 2 heterocycles. The van der Waals surface area contributed by atoms with Crippen molar-refractivity contribution in [1.29, 1.82) is 0 Å². The van der Waals surface area contributed by atoms with Gasteiger partial charge in [-0.05, 0) is 60.4 Å². The Kier molecular flexibility index (Phi) is 10.3. The van der Waals surface area contributed by atoms with Crippen LogP contribution in [0.2, 0.25) is 5.02 Å². The zero-order chi connectivity index (χ0) is 29.7. The molecule has 2 aromatic heterocycles. The first kappa shape index (κ1) is 30.9. The zero-order valence-corrected chi connectivity index (χ0v) is 26.1. The van der Waals surface area contributed by atoms with Crippen LogP contribution in [0.25, 0.3) is 27.5 Å². The second kappa shape index (κ2) is 13.7. The molecule has 4 rings (SSSR count). The number of halogens is 1. The van der Waals surface area contributed by atoms with Crippen LogP contribution in [0.3, 0.4) is 0 Å². The van der Waals surface area contributed by atoms with Crippen molar-refractivity contribution in [3.8, 4) is 27.5 Å². The number of hydrogen-bond acceptors (Lipinski definition) is 5. The third kappa shape index (κ3) is 6.72. The molecule has 1 atom stereocenters. The molecular weight excluding hydrogens is 552 g/mol. The SMILES string of the molecule is CCc1cccc(CC)c1-n1c(CC(C)C)c(C(=O)CC(CC)CO)cc(-c2nc(-c3ccc(Cl)cc3)cs2)c1=O. The van der Waals surface area contributed by atoms with E-state index in [1.165, 1.54) is 11.3 Å². The van der Waals surface area contributed by atoms with Gasteiger partial charge in [-0.15, -0.1) is 11.3 Å². The van der Waals surface area contributed by atoms with Crippen molar-refractivity contribution >= 4 is 28.7 Å². The monoisotopic (exact) mass is 590 g/mol. The van der Waals surface area contributed by atoms with Crippen LogP contribution in [-0.4, -0.2) is 27.0 Å². The van der Waals surface area contributed by atoms with Crippen LogP contribution in [0, 0.1) is 11.8 Å². The number of aromatic nitrogens is 2. The quantitative estimate of drug-likeness (QED) is 0.169. The Hall–Kier alpha value is -3.06. The number of rotatable bonds is 12. The van der Waals surface area contributed by atoms with E-state index in [4.69, 9.17) is 16.6 Å². The summed E-state index contributed by atoms with van der Waals surface area (Å²) in [6.45, 7) is 10.3. The lowest BCUT2D eigenvalue weighted by atomic mass is 9.91. The van der Waals surface area contributed by atoms with Gasteiger partial charge >= 0.3 is 0 Å². The fourth-order valence-corrected chi connectivity index (χ4v) is 6.20. The van der Waals surface area contributed by atoms with E-state index < -0.39 is 0 Å². The van der Waals surface area contributed by atoms with Crippen LogP contribution < -0.4 is 5.56 Å². The summed E-state index contributed by atoms with van der Waals surface area (Å²) in [5, 5.41) is 13.0. The van der Waals surface area contributed by atoms with Gasteiger partial charge in [-0.1, -0.05) is 83.0 Å². The number of pyridine rings is 1. The molecule has 0 saturated heterocycles. The molecule has 0 spiro atoms. The minimum atomic E-state index is -0.168. The summed E-state index contributed by atoms with van der Waals surface area (Å²) < 4.78 is 1.81. The summed E-state index contributed by atoms with van der Waals surface area (Å²) in [6.07, 6.45) is 3.00. The van der Waals surface area contributed by atoms with Crippen molar-refractivity contribution in [2.45, 2.75) is 66.7 Å². The molecule has 0 saturated carbocycles. The van der Waals surface area contributed by atoms with Crippen LogP contribution in [0.4, 0.5) is 0 Å². The van der Waals surface area contributed by atoms with Gasteiger partial charge in [-0.2, -0.15) is 0 Å². The first-order valence-electron chi connectivity index (χ1n) is 14.5. The van der Waals surface area contributed by atoms with Crippen molar-refractivity contribution < 1.29 is 9.90 Å². The van der Waals surface area contributed by atoms with E-state index in [0.717, 1.165) is 46.6 Å². The molecule has 0 fully saturated rings. The number of aliphatic hydroxyl groups excluding tert-OH is 1. The zero-order valence-electron chi connectivity index (χ0n) is 24.5. The maximum atomic E-state index is 14.6. The summed E-state index contributed by atoms with van der Waals surface area (Å²) in [5.41, 5.74) is 6.18. The predicted octanol–water partition coefficient (Wildman–Crippen LogP) is 8.20. The van der Waals surface area contributed by atoms with Crippen molar-refractivity contribution in [2.75, 3.05) is 6.61 Å². The highest BCUT2D eigenvalue weighted by atomic mass is 35.5. The van der Waals surface area contributed by atoms with E-state index in [2.05, 4.69) is 39.8 Å². The number of para-hydroxylation sites is 1. The average molecular weight is 591 g/mol. The van der Waals surface area contributed by atoms with Gasteiger partial charge in [-0.3, -0.25) is 14.2 Å². The van der Waals surface area contributed by atoms with E-state index in [9.17, 15) is 14.7 Å². The Bertz CT molecular complexity index is 1540. The van der Waals surface area contributed by atoms with Crippen LogP contribution in [0.5, 0.6) is 0 Å². The minimum absolute atomic E-state index is 0.0518. The lowest BCUT2D eigenvalue weighted by molar-refractivity contribution is 0.0932. The Labute approximate surface area is 251 Å². The standard InChI is InChI=1S/C34H39ClN2O3S/c1-6-22(19-38)17-31(39)27-18-28(33-36-29(20-41-33)25-12-14-26(35)15-13-25)34(40)37(30(27)16-21(4)5)32-23(7-2)10-9-11-24(32)8-3/h9-15,18,20-22,38H,6-8,16-17,19H2,1-5H3. The van der Waals surface area contributed by atoms with Gasteiger partial charge in [0.1, 0.15) is 5.01 Å². The number of benzene rings is 2. The van der Waals surface area contributed by atoms with Gasteiger partial charge in [0.2, 0.25) is 0 Å². The highest BCUT2D eigenvalue weighted by Crippen LogP contribution is 2.32. The van der Waals surface area contributed by atoms with Crippen LogP contribution in [0.15, 0.2) is 58.7 Å². The van der Waals surface area contributed by atoms with Crippen molar-refractivity contribution in [1.82, 2.24) is 9.55 Å². The number of hydrogen-bond donors (Lipinski definition) is 1. The number of ketones is 1. The molecule has 4 aromatic rings. The smallest absolute Gasteiger partial charge is 0.265 e. The van der Waals surface area contributed by atoms with Gasteiger partial charge in [0, 0.05) is 40.3 Å². The van der Waals surface area contributed by atoms with E-state index >= 15 is 0 Å². The molecule has 1 unspecified atom stereocenters. The Morgan fingerprint density at radius 2 is 1.71 bits per heavy atom. The van der Waals surface area contributed by atoms with E-state index in [-0.39, 0.29) is 36.2 Å². The number of aliphatic hydroxyl groups is 1. The van der Waals surface area contributed by atoms with Gasteiger partial charge in [0.15, 0.2) is 5.78 Å². The van der Waals surface area contributed by atoms with Gasteiger partial charge in [0.25, 0.3) is 5.56 Å². The predicted molar refractivity (Wildman–Crippen MR) is 171 cm³/mol. The van der Waals surface area contributed by atoms with E-state index in [1.807, 2.05) is 47.2 Å². The summed E-state index contributed by atoms with van der Waals surface area (Å²) in [7, 11) is 0. The Morgan fingerprint density at radius 1 is 1.05 bits per heavy atom. The number of carbonyl (C=O) groups is 1. The first-order chi connectivity index (χ1) is 19.7. The van der Waals surface area contributed by atoms with Crippen molar-refractivity contribution in [3.05, 3.63) is 91.7 Å². The molecular formula is C34H39ClN2O3S. The third-order valence-corrected chi connectivity index (χ3v) is 8.71. The largest absolute Gasteiger partial charge is 0.396 e. The summed E-state index contributed by atoms with van der Waals surface area (Å²) in [4.78, 5) is 33.4. The fraction of sp³-hybridized carbons (Fsp3) is 0.382. The molecule has 0 aliphatic carbocycles. The molecule has 0 aliphatic rings. The van der Waals surface area contributed by atoms with Gasteiger partial charge in [-0.25, -0.2) is 4.98 Å². The summed E-state index contributed by atoms with van der Waals surface area (Å²) in [6, 6.07) is 15.4. The second-order valence-electron chi connectivity index (χ2n) is 10.9. The lowest BCUT2D eigenvalue weighted by Gasteiger charge is -2.24. The van der Waals surface area contributed by atoms with E-state index in [1.54, 1.807) is 6.07 Å². The molecule has 0 bridgehead atoms. The molecule has 41 heavy (non-hydrogen) atoms. The highest BCUT2D eigenvalue weighted by Gasteiger charge is 2.26. The van der Waals surface area contributed by atoms with Crippen LogP contribution in [0.1, 0.15) is 74.6 Å². The van der Waals surface area contributed by atoms with Gasteiger partial charge in [0.05, 0.1) is 16.9 Å². The second-order valence-corrected chi connectivity index (χ2v) is 12.2. The molecule has 5 nitrogen and oxygen atoms in total. The number of Topliss-reactive ketones (excluding diaryl/α,β-unsaturated/α-hetero) is 1. The minimum Gasteiger partial charge on any atom is -0.396 e. The first-order valence-corrected chi connectivity index (χ1v) is 15.7. The van der Waals surface area contributed by atoms with Crippen molar-refractivity contribution in [2.24, 2.45) is 11.8 Å². The van der Waals surface area contributed by atoms with Crippen LogP contribution in [-0.2, 0) is 19.3 Å². The molecule has 0 aliphatic heterocycles. The summed E-state index contributed by atoms with van der Waals surface area (Å²) in [5.74, 6) is 0.0230. The highest BCUT2D eigenvalue weighted by molar-refractivity contribution is 7.13. The number of thiazole rings is 1.